The van der Waals surface area contributed by atoms with Crippen molar-refractivity contribution in [3.63, 3.8) is 0 Å². The minimum Gasteiger partial charge on any atom is -0.354 e. The van der Waals surface area contributed by atoms with Crippen LogP contribution in [0.15, 0.2) is 77.7 Å². The summed E-state index contributed by atoms with van der Waals surface area (Å²) in [6, 6.07) is 18.1. The maximum Gasteiger partial charge on any atom is 0.264 e. The smallest absolute Gasteiger partial charge is 0.264 e. The normalized spacial score (nSPS) is 12.2. The maximum atomic E-state index is 15.0. The molecule has 1 atom stereocenters. The molecule has 0 aliphatic heterocycles. The van der Waals surface area contributed by atoms with Crippen molar-refractivity contribution in [2.75, 3.05) is 17.4 Å². The number of para-hydroxylation sites is 1. The Balaban J connectivity index is 2.03. The van der Waals surface area contributed by atoms with Gasteiger partial charge in [-0.3, -0.25) is 13.9 Å². The Bertz CT molecular complexity index is 1410. The fourth-order valence-corrected chi connectivity index (χ4v) is 5.43. The van der Waals surface area contributed by atoms with Crippen molar-refractivity contribution < 1.29 is 22.4 Å². The van der Waals surface area contributed by atoms with Crippen molar-refractivity contribution in [3.05, 3.63) is 95.3 Å². The molecule has 0 bridgehead atoms. The lowest BCUT2D eigenvalue weighted by atomic mass is 10.1. The van der Waals surface area contributed by atoms with E-state index in [4.69, 9.17) is 0 Å². The molecule has 0 aromatic heterocycles. The Morgan fingerprint density at radius 3 is 2.13 bits per heavy atom. The van der Waals surface area contributed by atoms with Crippen LogP contribution in [0.5, 0.6) is 0 Å². The quantitative estimate of drug-likeness (QED) is 0.369. The van der Waals surface area contributed by atoms with Crippen molar-refractivity contribution in [1.29, 1.82) is 0 Å². The predicted molar refractivity (Wildman–Crippen MR) is 151 cm³/mol. The zero-order valence-electron chi connectivity index (χ0n) is 23.0. The fraction of sp³-hybridized carbons (Fsp3) is 0.333. The van der Waals surface area contributed by atoms with E-state index in [1.807, 2.05) is 52.0 Å². The molecular formula is C30H36FN3O4S. The summed E-state index contributed by atoms with van der Waals surface area (Å²) in [6.45, 7) is 9.07. The van der Waals surface area contributed by atoms with Crippen LogP contribution in [0.2, 0.25) is 0 Å². The van der Waals surface area contributed by atoms with E-state index in [9.17, 15) is 22.4 Å². The summed E-state index contributed by atoms with van der Waals surface area (Å²) >= 11 is 0. The minimum atomic E-state index is -4.33. The molecule has 2 amide bonds. The lowest BCUT2D eigenvalue weighted by Crippen LogP contribution is -2.51. The van der Waals surface area contributed by atoms with Crippen molar-refractivity contribution in [2.24, 2.45) is 5.92 Å². The number of amides is 2. The van der Waals surface area contributed by atoms with Gasteiger partial charge in [0.1, 0.15) is 18.4 Å². The molecule has 0 radical (unpaired) electrons. The van der Waals surface area contributed by atoms with E-state index in [2.05, 4.69) is 5.32 Å². The van der Waals surface area contributed by atoms with Crippen LogP contribution in [-0.2, 0) is 26.2 Å². The highest BCUT2D eigenvalue weighted by molar-refractivity contribution is 7.92. The molecule has 3 rings (SSSR count). The van der Waals surface area contributed by atoms with E-state index in [0.717, 1.165) is 27.1 Å². The number of carbonyl (C=O) groups is 2. The molecule has 9 heteroatoms. The molecule has 0 saturated carbocycles. The van der Waals surface area contributed by atoms with Gasteiger partial charge in [-0.1, -0.05) is 67.9 Å². The largest absolute Gasteiger partial charge is 0.354 e. The standard InChI is InChI=1S/C30H36FN3O4S/c1-21(2)18-32-30(36)24(5)33(19-25-11-7-6-10-23(25)4)29(35)20-34(28-13-9-8-12-27(28)31)39(37,38)26-16-14-22(3)15-17-26/h6-17,21,24H,18-20H2,1-5H3,(H,32,36)/t24-/m0/s1. The number of sulfonamides is 1. The Hall–Kier alpha value is -3.72. The molecule has 3 aromatic rings. The number of benzene rings is 3. The summed E-state index contributed by atoms with van der Waals surface area (Å²) in [7, 11) is -4.33. The van der Waals surface area contributed by atoms with Crippen LogP contribution in [0.4, 0.5) is 10.1 Å². The van der Waals surface area contributed by atoms with E-state index in [1.165, 1.54) is 35.2 Å². The summed E-state index contributed by atoms with van der Waals surface area (Å²) < 4.78 is 43.3. The number of hydrogen-bond acceptors (Lipinski definition) is 4. The van der Waals surface area contributed by atoms with Gasteiger partial charge in [-0.2, -0.15) is 0 Å². The van der Waals surface area contributed by atoms with Crippen molar-refractivity contribution >= 4 is 27.5 Å². The lowest BCUT2D eigenvalue weighted by molar-refractivity contribution is -0.139. The van der Waals surface area contributed by atoms with Crippen LogP contribution in [0.3, 0.4) is 0 Å². The summed E-state index contributed by atoms with van der Waals surface area (Å²) in [5.74, 6) is -1.57. The number of aryl methyl sites for hydroxylation is 2. The summed E-state index contributed by atoms with van der Waals surface area (Å²) in [6.07, 6.45) is 0. The highest BCUT2D eigenvalue weighted by Crippen LogP contribution is 2.27. The molecule has 0 heterocycles. The third-order valence-corrected chi connectivity index (χ3v) is 8.24. The molecule has 0 aliphatic rings. The molecule has 0 spiro atoms. The van der Waals surface area contributed by atoms with Gasteiger partial charge in [0.2, 0.25) is 11.8 Å². The second kappa shape index (κ2) is 12.9. The van der Waals surface area contributed by atoms with Gasteiger partial charge in [0.25, 0.3) is 10.0 Å². The van der Waals surface area contributed by atoms with E-state index >= 15 is 0 Å². The first-order valence-corrected chi connectivity index (χ1v) is 14.3. The van der Waals surface area contributed by atoms with Crippen molar-refractivity contribution in [1.82, 2.24) is 10.2 Å². The van der Waals surface area contributed by atoms with Gasteiger partial charge in [0, 0.05) is 13.1 Å². The summed E-state index contributed by atoms with van der Waals surface area (Å²) in [4.78, 5) is 28.2. The zero-order valence-corrected chi connectivity index (χ0v) is 23.8. The number of nitrogens with zero attached hydrogens (tertiary/aromatic N) is 2. The molecule has 0 aliphatic carbocycles. The van der Waals surface area contributed by atoms with E-state index < -0.39 is 34.3 Å². The number of hydrogen-bond donors (Lipinski definition) is 1. The predicted octanol–water partition coefficient (Wildman–Crippen LogP) is 4.83. The van der Waals surface area contributed by atoms with Gasteiger partial charge in [-0.15, -0.1) is 0 Å². The topological polar surface area (TPSA) is 86.8 Å². The first-order valence-electron chi connectivity index (χ1n) is 12.9. The summed E-state index contributed by atoms with van der Waals surface area (Å²) in [5, 5.41) is 2.85. The van der Waals surface area contributed by atoms with Gasteiger partial charge in [0.05, 0.1) is 10.6 Å². The SMILES string of the molecule is Cc1ccc(S(=O)(=O)N(CC(=O)N(Cc2ccccc2C)[C@@H](C)C(=O)NCC(C)C)c2ccccc2F)cc1. The van der Waals surface area contributed by atoms with E-state index in [0.29, 0.717) is 6.54 Å². The zero-order chi connectivity index (χ0) is 28.7. The van der Waals surface area contributed by atoms with Crippen LogP contribution in [-0.4, -0.2) is 44.3 Å². The van der Waals surface area contributed by atoms with Crippen LogP contribution >= 0.6 is 0 Å². The third-order valence-electron chi connectivity index (χ3n) is 6.46. The molecule has 0 saturated heterocycles. The molecule has 0 fully saturated rings. The Morgan fingerprint density at radius 2 is 1.51 bits per heavy atom. The molecule has 3 aromatic carbocycles. The summed E-state index contributed by atoms with van der Waals surface area (Å²) in [5.41, 5.74) is 2.34. The Kier molecular flexibility index (Phi) is 9.86. The number of nitrogens with one attached hydrogen (secondary N) is 1. The van der Waals surface area contributed by atoms with Gasteiger partial charge >= 0.3 is 0 Å². The molecule has 1 N–H and O–H groups in total. The number of anilines is 1. The second-order valence-corrected chi connectivity index (χ2v) is 11.9. The lowest BCUT2D eigenvalue weighted by Gasteiger charge is -2.32. The van der Waals surface area contributed by atoms with E-state index in [1.54, 1.807) is 19.1 Å². The Labute approximate surface area is 230 Å². The fourth-order valence-electron chi connectivity index (χ4n) is 4.01. The maximum absolute atomic E-state index is 15.0. The molecule has 7 nitrogen and oxygen atoms in total. The van der Waals surface area contributed by atoms with Crippen LogP contribution in [0.1, 0.15) is 37.5 Å². The van der Waals surface area contributed by atoms with Crippen LogP contribution < -0.4 is 9.62 Å². The monoisotopic (exact) mass is 553 g/mol. The van der Waals surface area contributed by atoms with Gasteiger partial charge in [-0.25, -0.2) is 12.8 Å². The number of rotatable bonds is 11. The Morgan fingerprint density at radius 1 is 0.897 bits per heavy atom. The van der Waals surface area contributed by atoms with Crippen LogP contribution in [0.25, 0.3) is 0 Å². The highest BCUT2D eigenvalue weighted by atomic mass is 32.2. The second-order valence-electron chi connectivity index (χ2n) is 10.0. The van der Waals surface area contributed by atoms with Gasteiger partial charge in [0.15, 0.2) is 0 Å². The third kappa shape index (κ3) is 7.44. The minimum absolute atomic E-state index is 0.0719. The molecular weight excluding hydrogens is 517 g/mol. The van der Waals surface area contributed by atoms with Gasteiger partial charge < -0.3 is 10.2 Å². The first kappa shape index (κ1) is 29.8. The van der Waals surface area contributed by atoms with Crippen LogP contribution in [0, 0.1) is 25.6 Å². The van der Waals surface area contributed by atoms with Gasteiger partial charge in [-0.05, 0) is 62.1 Å². The molecule has 0 unspecified atom stereocenters. The first-order chi connectivity index (χ1) is 18.4. The number of carbonyl (C=O) groups excluding carboxylic acids is 2. The van der Waals surface area contributed by atoms with Crippen molar-refractivity contribution in [2.45, 2.75) is 52.1 Å². The average Bonchev–Trinajstić information content (AvgIpc) is 2.90. The molecule has 39 heavy (non-hydrogen) atoms. The van der Waals surface area contributed by atoms with Crippen molar-refractivity contribution in [3.8, 4) is 0 Å². The molecule has 208 valence electrons. The highest BCUT2D eigenvalue weighted by Gasteiger charge is 2.33. The number of halogens is 1. The average molecular weight is 554 g/mol. The van der Waals surface area contributed by atoms with E-state index in [-0.39, 0.29) is 29.0 Å².